The molecule has 9 aromatic rings. The van der Waals surface area contributed by atoms with Crippen molar-refractivity contribution in [3.63, 3.8) is 0 Å². The van der Waals surface area contributed by atoms with Crippen molar-refractivity contribution >= 4 is 54.1 Å². The number of benzene rings is 8. The molecule has 0 unspecified atom stereocenters. The number of hydrogen-bond acceptors (Lipinski definition) is 1. The summed E-state index contributed by atoms with van der Waals surface area (Å²) in [6.45, 7) is -3.07. The quantitative estimate of drug-likeness (QED) is 0.186. The zero-order valence-electron chi connectivity index (χ0n) is 42.2. The number of fused-ring (bicyclic) bond motifs is 5. The summed E-state index contributed by atoms with van der Waals surface area (Å²) < 4.78 is 167. The largest absolute Gasteiger partial charge is 0.296 e. The molecule has 0 amide bonds. The van der Waals surface area contributed by atoms with Crippen molar-refractivity contribution in [2.24, 2.45) is 0 Å². The lowest BCUT2D eigenvalue weighted by molar-refractivity contribution is 0.909. The smallest absolute Gasteiger partial charge is 0.114 e. The van der Waals surface area contributed by atoms with E-state index < -0.39 is 97.8 Å². The Morgan fingerprint density at radius 2 is 1.22 bits per heavy atom. The predicted octanol–water partition coefficient (Wildman–Crippen LogP) is 11.5. The molecule has 9 rings (SSSR count). The molecule has 1 heterocycles. The normalized spacial score (nSPS) is 18.4. The Hall–Kier alpha value is -5.73. The summed E-state index contributed by atoms with van der Waals surface area (Å²) in [5, 5.41) is -0.274. The zero-order chi connectivity index (χ0) is 46.4. The third-order valence-electron chi connectivity index (χ3n) is 8.01. The molecule has 0 aliphatic rings. The molecule has 1 aromatic heterocycles. The molecule has 0 saturated carbocycles. The number of hydrogen-bond donors (Lipinski definition) is 0. The SMILES string of the molecule is [2H]c1c([2H])c([2H])c2c([2H])c([2H])c(-c3c4c([2H])c([2H])c([2H])c([2H])c4c(-c4ccc5cc(-n6c(C([2H])([2H])C([2H])([2H])[2H])nc7ccccc76)ccc5c4)c4c([2H])c([2H])c([2H])c([2H])c34)cc2c1[2H]. The van der Waals surface area contributed by atoms with Crippen LogP contribution in [0.25, 0.3) is 82.1 Å². The van der Waals surface area contributed by atoms with Gasteiger partial charge in [0.1, 0.15) is 5.82 Å². The van der Waals surface area contributed by atoms with E-state index in [1.807, 2.05) is 0 Å². The lowest BCUT2D eigenvalue weighted by Crippen LogP contribution is -2.00. The van der Waals surface area contributed by atoms with Crippen LogP contribution < -0.4 is 0 Å². The summed E-state index contributed by atoms with van der Waals surface area (Å²) in [6.07, 6.45) is -2.86. The molecule has 0 aliphatic carbocycles. The molecule has 0 atom stereocenters. The van der Waals surface area contributed by atoms with Gasteiger partial charge in [-0.15, -0.1) is 0 Å². The second-order valence-corrected chi connectivity index (χ2v) is 10.5. The first-order valence-electron chi connectivity index (χ1n) is 23.5. The molecule has 0 bridgehead atoms. The molecule has 0 aliphatic heterocycles. The number of para-hydroxylation sites is 2. The van der Waals surface area contributed by atoms with Crippen LogP contribution in [0, 0.1) is 0 Å². The molecule has 8 aromatic carbocycles. The Morgan fingerprint density at radius 1 is 0.600 bits per heavy atom. The molecular weight excluding hydrogens is 544 g/mol. The summed E-state index contributed by atoms with van der Waals surface area (Å²) in [6, 6.07) is 8.97. The highest BCUT2D eigenvalue weighted by Crippen LogP contribution is 2.44. The summed E-state index contributed by atoms with van der Waals surface area (Å²) in [5.74, 6) is -0.342. The van der Waals surface area contributed by atoms with Crippen molar-refractivity contribution in [3.05, 3.63) is 157 Å². The second-order valence-electron chi connectivity index (χ2n) is 10.5. The van der Waals surface area contributed by atoms with Crippen molar-refractivity contribution in [2.75, 3.05) is 0 Å². The Kier molecular flexibility index (Phi) is 2.96. The maximum Gasteiger partial charge on any atom is 0.114 e. The van der Waals surface area contributed by atoms with Crippen LogP contribution in [0.1, 0.15) is 38.7 Å². The summed E-state index contributed by atoms with van der Waals surface area (Å²) in [4.78, 5) is 4.39. The van der Waals surface area contributed by atoms with Gasteiger partial charge < -0.3 is 0 Å². The molecule has 2 heteroatoms. The average Bonchev–Trinajstić information content (AvgIpc) is 3.67. The lowest BCUT2D eigenvalue weighted by Gasteiger charge is -2.18. The van der Waals surface area contributed by atoms with Crippen molar-refractivity contribution in [1.29, 1.82) is 0 Å². The van der Waals surface area contributed by atoms with Gasteiger partial charge >= 0.3 is 0 Å². The third kappa shape index (κ3) is 4.07. The predicted molar refractivity (Wildman–Crippen MR) is 191 cm³/mol. The molecular formula is C43H30N2. The third-order valence-corrected chi connectivity index (χ3v) is 8.01. The van der Waals surface area contributed by atoms with Gasteiger partial charge in [0, 0.05) is 18.9 Å². The van der Waals surface area contributed by atoms with Crippen LogP contribution in [0.15, 0.2) is 151 Å². The Balaban J connectivity index is 1.40. The highest BCUT2D eigenvalue weighted by molar-refractivity contribution is 6.22. The second kappa shape index (κ2) is 10.2. The van der Waals surface area contributed by atoms with E-state index in [1.54, 1.807) is 60.7 Å². The van der Waals surface area contributed by atoms with Crippen LogP contribution >= 0.6 is 0 Å². The first-order chi connectivity index (χ1) is 30.0. The number of imidazole rings is 1. The van der Waals surface area contributed by atoms with Gasteiger partial charge in [0.2, 0.25) is 0 Å². The van der Waals surface area contributed by atoms with Gasteiger partial charge in [-0.3, -0.25) is 4.57 Å². The van der Waals surface area contributed by atoms with Gasteiger partial charge in [0.05, 0.1) is 30.2 Å². The number of rotatable bonds is 4. The zero-order valence-corrected chi connectivity index (χ0v) is 23.2. The van der Waals surface area contributed by atoms with Crippen molar-refractivity contribution in [1.82, 2.24) is 9.55 Å². The summed E-state index contributed by atoms with van der Waals surface area (Å²) in [5.41, 5.74) is 0.911. The monoisotopic (exact) mass is 593 g/mol. The minimum Gasteiger partial charge on any atom is -0.296 e. The van der Waals surface area contributed by atoms with E-state index in [0.717, 1.165) is 0 Å². The maximum absolute atomic E-state index is 9.32. The average molecular weight is 594 g/mol. The van der Waals surface area contributed by atoms with Crippen molar-refractivity contribution in [2.45, 2.75) is 13.2 Å². The van der Waals surface area contributed by atoms with Gasteiger partial charge in [-0.1, -0.05) is 122 Å². The molecule has 0 saturated heterocycles. The first-order valence-corrected chi connectivity index (χ1v) is 14.0. The Bertz CT molecular complexity index is 3490. The van der Waals surface area contributed by atoms with E-state index in [-0.39, 0.29) is 60.4 Å². The van der Waals surface area contributed by atoms with Gasteiger partial charge in [-0.05, 0) is 102 Å². The van der Waals surface area contributed by atoms with Crippen LogP contribution in [0.4, 0.5) is 0 Å². The van der Waals surface area contributed by atoms with Crippen molar-refractivity contribution < 1.29 is 26.0 Å². The molecule has 0 fully saturated rings. The summed E-state index contributed by atoms with van der Waals surface area (Å²) in [7, 11) is 0. The fourth-order valence-corrected chi connectivity index (χ4v) is 6.06. The maximum atomic E-state index is 9.32. The first kappa shape index (κ1) is 13.1. The molecule has 0 N–H and O–H groups in total. The minimum atomic E-state index is -3.07. The fourth-order valence-electron chi connectivity index (χ4n) is 6.06. The fraction of sp³-hybridized carbons (Fsp3) is 0.0465. The van der Waals surface area contributed by atoms with Crippen LogP contribution in [-0.4, -0.2) is 9.55 Å². The van der Waals surface area contributed by atoms with E-state index in [1.165, 1.54) is 10.6 Å². The van der Waals surface area contributed by atoms with E-state index in [9.17, 15) is 6.85 Å². The van der Waals surface area contributed by atoms with Crippen LogP contribution in [0.2, 0.25) is 0 Å². The van der Waals surface area contributed by atoms with Crippen LogP contribution in [0.3, 0.4) is 0 Å². The number of nitrogens with zero attached hydrogens (tertiary/aromatic N) is 2. The van der Waals surface area contributed by atoms with E-state index >= 15 is 0 Å². The van der Waals surface area contributed by atoms with E-state index in [4.69, 9.17) is 19.2 Å². The minimum absolute atomic E-state index is 0.00664. The summed E-state index contributed by atoms with van der Waals surface area (Å²) >= 11 is 0. The van der Waals surface area contributed by atoms with Crippen LogP contribution in [0.5, 0.6) is 0 Å². The lowest BCUT2D eigenvalue weighted by atomic mass is 9.85. The topological polar surface area (TPSA) is 17.8 Å². The molecule has 212 valence electrons. The van der Waals surface area contributed by atoms with Gasteiger partial charge in [0.25, 0.3) is 0 Å². The van der Waals surface area contributed by atoms with Gasteiger partial charge in [0.15, 0.2) is 0 Å². The van der Waals surface area contributed by atoms with Crippen LogP contribution in [-0.2, 0) is 6.37 Å². The highest BCUT2D eigenvalue weighted by Gasteiger charge is 2.17. The Labute approximate surface area is 288 Å². The highest BCUT2D eigenvalue weighted by atomic mass is 15.1. The number of aryl methyl sites for hydroxylation is 1. The van der Waals surface area contributed by atoms with Crippen molar-refractivity contribution in [3.8, 4) is 27.9 Å². The van der Waals surface area contributed by atoms with Gasteiger partial charge in [-0.25, -0.2) is 4.98 Å². The van der Waals surface area contributed by atoms with E-state index in [2.05, 4.69) is 4.98 Å². The number of aromatic nitrogens is 2. The molecule has 45 heavy (non-hydrogen) atoms. The standard InChI is InChI=1S/C43H30N2/c1-2-41-44-39-17-9-10-18-40(39)45(41)34-24-23-30-26-33(22-20-31(30)27-34)43-37-15-7-5-13-35(37)42(36-14-6-8-16-38(36)43)32-21-19-28-11-3-4-12-29(28)25-32/h3-27H,2H2,1H3/i1D3,2D2,3D,4D,5D,6D,7D,8D,11D,12D,13D,14D,15D,16D,19D,21D. The van der Waals surface area contributed by atoms with E-state index in [0.29, 0.717) is 27.5 Å². The molecule has 0 radical (unpaired) electrons. The molecule has 2 nitrogen and oxygen atoms in total. The van der Waals surface area contributed by atoms with Gasteiger partial charge in [-0.2, -0.15) is 0 Å². The Morgan fingerprint density at radius 3 is 1.98 bits per heavy atom. The molecule has 0 spiro atoms.